The minimum atomic E-state index is 0.516. The van der Waals surface area contributed by atoms with Gasteiger partial charge in [-0.15, -0.1) is 0 Å². The van der Waals surface area contributed by atoms with Gasteiger partial charge in [0.2, 0.25) is 5.75 Å². The van der Waals surface area contributed by atoms with Gasteiger partial charge in [0.15, 0.2) is 11.5 Å². The Bertz CT molecular complexity index is 1030. The highest BCUT2D eigenvalue weighted by Crippen LogP contribution is 2.50. The van der Waals surface area contributed by atoms with Gasteiger partial charge in [-0.3, -0.25) is 0 Å². The van der Waals surface area contributed by atoms with E-state index < -0.39 is 0 Å². The SMILES string of the molecule is CCCc1[c]c(OCC)c(-c2cc(OC)c(OC)c(OC)c2)c(-c2ccccc2)c1OCC. The van der Waals surface area contributed by atoms with E-state index in [1.165, 1.54) is 0 Å². The highest BCUT2D eigenvalue weighted by atomic mass is 16.5. The van der Waals surface area contributed by atoms with Crippen LogP contribution >= 0.6 is 0 Å². The topological polar surface area (TPSA) is 46.2 Å². The predicted octanol–water partition coefficient (Wildman–Crippen LogP) is 6.60. The minimum absolute atomic E-state index is 0.516. The zero-order valence-electron chi connectivity index (χ0n) is 20.4. The van der Waals surface area contributed by atoms with Gasteiger partial charge in [0, 0.05) is 22.8 Å². The summed E-state index contributed by atoms with van der Waals surface area (Å²) in [5, 5.41) is 0. The fourth-order valence-corrected chi connectivity index (χ4v) is 4.00. The number of ether oxygens (including phenoxy) is 5. The van der Waals surface area contributed by atoms with Gasteiger partial charge in [-0.25, -0.2) is 0 Å². The molecule has 0 spiro atoms. The molecule has 0 saturated carbocycles. The van der Waals surface area contributed by atoms with Crippen LogP contribution in [0.25, 0.3) is 22.3 Å². The summed E-state index contributed by atoms with van der Waals surface area (Å²) in [6, 6.07) is 17.6. The van der Waals surface area contributed by atoms with Crippen molar-refractivity contribution in [2.24, 2.45) is 0 Å². The number of methoxy groups -OCH3 is 3. The lowest BCUT2D eigenvalue weighted by molar-refractivity contribution is 0.324. The highest BCUT2D eigenvalue weighted by Gasteiger charge is 2.25. The van der Waals surface area contributed by atoms with Crippen molar-refractivity contribution >= 4 is 0 Å². The maximum atomic E-state index is 6.25. The molecule has 3 aromatic rings. The first-order chi connectivity index (χ1) is 16.1. The van der Waals surface area contributed by atoms with Crippen LogP contribution in [0, 0.1) is 6.07 Å². The Hall–Kier alpha value is -3.34. The van der Waals surface area contributed by atoms with Crippen molar-refractivity contribution in [1.82, 2.24) is 0 Å². The first-order valence-electron chi connectivity index (χ1n) is 11.4. The Kier molecular flexibility index (Phi) is 8.47. The molecule has 0 unspecified atom stereocenters. The lowest BCUT2D eigenvalue weighted by Gasteiger charge is -2.23. The van der Waals surface area contributed by atoms with Crippen LogP contribution in [0.3, 0.4) is 0 Å². The Morgan fingerprint density at radius 1 is 0.697 bits per heavy atom. The highest BCUT2D eigenvalue weighted by molar-refractivity contribution is 5.93. The molecular formula is C28H33O5. The zero-order valence-corrected chi connectivity index (χ0v) is 20.4. The summed E-state index contributed by atoms with van der Waals surface area (Å²) in [4.78, 5) is 0. The second kappa shape index (κ2) is 11.5. The standard InChI is InChI=1S/C28H33O5/c1-7-13-20-16-22(32-8-2)25(21-17-23(29-4)28(31-6)24(18-21)30-5)26(27(20)33-9-3)19-14-11-10-12-15-19/h10-12,14-15,17-18H,7-9,13H2,1-6H3. The average molecular weight is 450 g/mol. The van der Waals surface area contributed by atoms with Crippen molar-refractivity contribution in [3.05, 3.63) is 54.1 Å². The van der Waals surface area contributed by atoms with Crippen LogP contribution in [0.15, 0.2) is 42.5 Å². The molecule has 0 aliphatic heterocycles. The van der Waals surface area contributed by atoms with Crippen molar-refractivity contribution in [3.63, 3.8) is 0 Å². The van der Waals surface area contributed by atoms with Crippen molar-refractivity contribution in [2.75, 3.05) is 34.5 Å². The molecule has 0 N–H and O–H groups in total. The van der Waals surface area contributed by atoms with Gasteiger partial charge < -0.3 is 23.7 Å². The van der Waals surface area contributed by atoms with Crippen LogP contribution in [0.4, 0.5) is 0 Å². The first kappa shape index (κ1) is 24.3. The number of rotatable bonds is 11. The predicted molar refractivity (Wildman–Crippen MR) is 132 cm³/mol. The van der Waals surface area contributed by atoms with E-state index in [9.17, 15) is 0 Å². The van der Waals surface area contributed by atoms with E-state index in [0.717, 1.165) is 46.4 Å². The van der Waals surface area contributed by atoms with E-state index in [1.807, 2.05) is 44.2 Å². The van der Waals surface area contributed by atoms with Gasteiger partial charge in [-0.05, 0) is 43.5 Å². The van der Waals surface area contributed by atoms with E-state index in [1.54, 1.807) is 21.3 Å². The van der Waals surface area contributed by atoms with Crippen LogP contribution in [-0.2, 0) is 6.42 Å². The molecule has 5 heteroatoms. The molecule has 33 heavy (non-hydrogen) atoms. The number of hydrogen-bond acceptors (Lipinski definition) is 5. The van der Waals surface area contributed by atoms with Crippen LogP contribution in [0.5, 0.6) is 28.7 Å². The molecule has 0 saturated heterocycles. The van der Waals surface area contributed by atoms with Crippen molar-refractivity contribution < 1.29 is 23.7 Å². The molecule has 0 aliphatic carbocycles. The van der Waals surface area contributed by atoms with Gasteiger partial charge in [0.1, 0.15) is 11.5 Å². The molecule has 0 atom stereocenters. The second-order valence-electron chi connectivity index (χ2n) is 7.41. The Morgan fingerprint density at radius 3 is 1.85 bits per heavy atom. The van der Waals surface area contributed by atoms with Gasteiger partial charge in [-0.2, -0.15) is 0 Å². The third-order valence-corrected chi connectivity index (χ3v) is 5.34. The largest absolute Gasteiger partial charge is 0.493 e. The summed E-state index contributed by atoms with van der Waals surface area (Å²) < 4.78 is 29.2. The molecule has 0 amide bonds. The van der Waals surface area contributed by atoms with Gasteiger partial charge in [0.05, 0.1) is 34.5 Å². The fraction of sp³-hybridized carbons (Fsp3) is 0.357. The van der Waals surface area contributed by atoms with E-state index >= 15 is 0 Å². The summed E-state index contributed by atoms with van der Waals surface area (Å²) >= 11 is 0. The molecular weight excluding hydrogens is 416 g/mol. The van der Waals surface area contributed by atoms with Crippen LogP contribution in [0.2, 0.25) is 0 Å². The number of benzene rings is 3. The average Bonchev–Trinajstić information content (AvgIpc) is 2.85. The number of aryl methyl sites for hydroxylation is 1. The quantitative estimate of drug-likeness (QED) is 0.330. The molecule has 1 radical (unpaired) electrons. The molecule has 0 bridgehead atoms. The molecule has 0 heterocycles. The van der Waals surface area contributed by atoms with Gasteiger partial charge in [0.25, 0.3) is 0 Å². The van der Waals surface area contributed by atoms with Crippen molar-refractivity contribution in [2.45, 2.75) is 33.6 Å². The molecule has 175 valence electrons. The van der Waals surface area contributed by atoms with E-state index in [2.05, 4.69) is 25.1 Å². The minimum Gasteiger partial charge on any atom is -0.493 e. The van der Waals surface area contributed by atoms with Gasteiger partial charge in [-0.1, -0.05) is 43.7 Å². The third kappa shape index (κ3) is 5.03. The molecule has 3 rings (SSSR count). The molecule has 0 aliphatic rings. The maximum absolute atomic E-state index is 6.25. The summed E-state index contributed by atoms with van der Waals surface area (Å²) in [6.07, 6.45) is 1.81. The zero-order chi connectivity index (χ0) is 23.8. The van der Waals surface area contributed by atoms with Crippen molar-refractivity contribution in [1.29, 1.82) is 0 Å². The van der Waals surface area contributed by atoms with Crippen LogP contribution < -0.4 is 23.7 Å². The molecule has 0 fully saturated rings. The van der Waals surface area contributed by atoms with Crippen LogP contribution in [0.1, 0.15) is 32.8 Å². The second-order valence-corrected chi connectivity index (χ2v) is 7.41. The van der Waals surface area contributed by atoms with E-state index in [0.29, 0.717) is 36.2 Å². The molecule has 0 aromatic heterocycles. The maximum Gasteiger partial charge on any atom is 0.203 e. The number of hydrogen-bond donors (Lipinski definition) is 0. The smallest absolute Gasteiger partial charge is 0.203 e. The molecule has 3 aromatic carbocycles. The Labute approximate surface area is 197 Å². The fourth-order valence-electron chi connectivity index (χ4n) is 4.00. The summed E-state index contributed by atoms with van der Waals surface area (Å²) in [6.45, 7) is 7.19. The summed E-state index contributed by atoms with van der Waals surface area (Å²) in [7, 11) is 4.83. The Morgan fingerprint density at radius 2 is 1.33 bits per heavy atom. The molecule has 5 nitrogen and oxygen atoms in total. The monoisotopic (exact) mass is 449 g/mol. The summed E-state index contributed by atoms with van der Waals surface area (Å²) in [5.41, 5.74) is 4.77. The lowest BCUT2D eigenvalue weighted by Crippen LogP contribution is -2.05. The summed E-state index contributed by atoms with van der Waals surface area (Å²) in [5.74, 6) is 3.20. The third-order valence-electron chi connectivity index (χ3n) is 5.34. The lowest BCUT2D eigenvalue weighted by atomic mass is 9.89. The first-order valence-corrected chi connectivity index (χ1v) is 11.4. The van der Waals surface area contributed by atoms with E-state index in [-0.39, 0.29) is 0 Å². The van der Waals surface area contributed by atoms with E-state index in [4.69, 9.17) is 23.7 Å². The van der Waals surface area contributed by atoms with Gasteiger partial charge >= 0.3 is 0 Å². The Balaban J connectivity index is 2.47. The normalized spacial score (nSPS) is 10.6. The van der Waals surface area contributed by atoms with Crippen LogP contribution in [-0.4, -0.2) is 34.5 Å². The van der Waals surface area contributed by atoms with Crippen molar-refractivity contribution in [3.8, 4) is 51.0 Å².